The molecule has 7 heteroatoms. The van der Waals surface area contributed by atoms with Crippen LogP contribution in [0.15, 0.2) is 97.2 Å². The van der Waals surface area contributed by atoms with Crippen LogP contribution in [-0.2, 0) is 6.54 Å². The first kappa shape index (κ1) is 24.7. The van der Waals surface area contributed by atoms with Crippen molar-refractivity contribution in [3.63, 3.8) is 0 Å². The first-order valence-electron chi connectivity index (χ1n) is 13.2. The number of nitrogens with one attached hydrogen (secondary N) is 1. The molecule has 6 rings (SSSR count). The van der Waals surface area contributed by atoms with E-state index in [9.17, 15) is 9.18 Å². The number of rotatable bonds is 4. The number of fused-ring (bicyclic) bond motifs is 3. The smallest absolute Gasteiger partial charge is 0.308 e. The van der Waals surface area contributed by atoms with Crippen molar-refractivity contribution >= 4 is 11.7 Å². The van der Waals surface area contributed by atoms with E-state index in [0.29, 0.717) is 18.2 Å². The lowest BCUT2D eigenvalue weighted by atomic mass is 9.97. The summed E-state index contributed by atoms with van der Waals surface area (Å²) in [6.07, 6.45) is 2.03. The molecule has 0 saturated carbocycles. The van der Waals surface area contributed by atoms with Crippen molar-refractivity contribution in [3.8, 4) is 11.5 Å². The first-order valence-corrected chi connectivity index (χ1v) is 13.2. The molecule has 0 aliphatic carbocycles. The molecule has 5 aromatic rings. The molecule has 1 aliphatic rings. The Morgan fingerprint density at radius 1 is 0.974 bits per heavy atom. The maximum Gasteiger partial charge on any atom is 0.322 e. The molecule has 3 heterocycles. The van der Waals surface area contributed by atoms with Crippen LogP contribution in [0.25, 0.3) is 11.5 Å². The van der Waals surface area contributed by atoms with Gasteiger partial charge in [-0.05, 0) is 66.4 Å². The van der Waals surface area contributed by atoms with E-state index in [1.165, 1.54) is 17.7 Å². The second-order valence-corrected chi connectivity index (χ2v) is 10.2. The number of anilines is 1. The third kappa shape index (κ3) is 4.50. The van der Waals surface area contributed by atoms with Crippen molar-refractivity contribution in [1.82, 2.24) is 19.2 Å². The van der Waals surface area contributed by atoms with Crippen molar-refractivity contribution in [2.45, 2.75) is 39.3 Å². The maximum absolute atomic E-state index is 14.0. The van der Waals surface area contributed by atoms with Gasteiger partial charge in [-0.15, -0.1) is 0 Å². The summed E-state index contributed by atoms with van der Waals surface area (Å²) in [5, 5.41) is 7.82. The molecule has 39 heavy (non-hydrogen) atoms. The maximum atomic E-state index is 14.0. The van der Waals surface area contributed by atoms with Crippen LogP contribution in [0.4, 0.5) is 14.9 Å². The number of amides is 2. The summed E-state index contributed by atoms with van der Waals surface area (Å²) in [6.45, 7) is 6.63. The molecule has 0 unspecified atom stereocenters. The average Bonchev–Trinajstić information content (AvgIpc) is 3.49. The summed E-state index contributed by atoms with van der Waals surface area (Å²) in [6, 6.07) is 27.8. The van der Waals surface area contributed by atoms with Crippen LogP contribution in [0.3, 0.4) is 0 Å². The van der Waals surface area contributed by atoms with Gasteiger partial charge in [-0.1, -0.05) is 62.4 Å². The van der Waals surface area contributed by atoms with Gasteiger partial charge in [0.2, 0.25) is 0 Å². The van der Waals surface area contributed by atoms with Gasteiger partial charge in [0.25, 0.3) is 0 Å². The van der Waals surface area contributed by atoms with Crippen LogP contribution in [0.2, 0.25) is 0 Å². The number of aromatic nitrogens is 3. The number of urea groups is 1. The van der Waals surface area contributed by atoms with Crippen molar-refractivity contribution < 1.29 is 9.18 Å². The predicted molar refractivity (Wildman–Crippen MR) is 151 cm³/mol. The van der Waals surface area contributed by atoms with Gasteiger partial charge in [0.1, 0.15) is 11.6 Å². The van der Waals surface area contributed by atoms with Crippen molar-refractivity contribution in [1.29, 1.82) is 0 Å². The van der Waals surface area contributed by atoms with Gasteiger partial charge < -0.3 is 14.8 Å². The van der Waals surface area contributed by atoms with E-state index in [2.05, 4.69) is 54.1 Å². The van der Waals surface area contributed by atoms with Crippen molar-refractivity contribution in [2.75, 3.05) is 5.32 Å². The van der Waals surface area contributed by atoms with Crippen molar-refractivity contribution in [3.05, 3.63) is 131 Å². The molecule has 2 aromatic heterocycles. The van der Waals surface area contributed by atoms with E-state index in [1.54, 1.807) is 12.1 Å². The molecule has 0 spiro atoms. The Kier molecular flexibility index (Phi) is 6.27. The molecular weight excluding hydrogens is 489 g/mol. The number of halogens is 1. The lowest BCUT2D eigenvalue weighted by Crippen LogP contribution is -2.38. The van der Waals surface area contributed by atoms with E-state index in [4.69, 9.17) is 5.10 Å². The summed E-state index contributed by atoms with van der Waals surface area (Å²) < 4.78 is 18.0. The second-order valence-electron chi connectivity index (χ2n) is 10.2. The molecule has 0 bridgehead atoms. The Bertz CT molecular complexity index is 1640. The Balaban J connectivity index is 1.52. The van der Waals surface area contributed by atoms with Gasteiger partial charge in [0.05, 0.1) is 29.7 Å². The van der Waals surface area contributed by atoms with Crippen LogP contribution < -0.4 is 5.32 Å². The number of hydrogen-bond acceptors (Lipinski definition) is 2. The number of nitrogens with zero attached hydrogens (tertiary/aromatic N) is 4. The molecule has 6 nitrogen and oxygen atoms in total. The van der Waals surface area contributed by atoms with E-state index < -0.39 is 5.82 Å². The molecular formula is C32H30FN5O. The molecule has 196 valence electrons. The van der Waals surface area contributed by atoms with E-state index in [1.807, 2.05) is 59.1 Å². The Labute approximate surface area is 227 Å². The Hall–Kier alpha value is -4.65. The summed E-state index contributed by atoms with van der Waals surface area (Å²) in [5.74, 6) is 0.900. The van der Waals surface area contributed by atoms with Crippen LogP contribution >= 0.6 is 0 Å². The van der Waals surface area contributed by atoms with Crippen LogP contribution in [-0.4, -0.2) is 25.3 Å². The number of benzene rings is 3. The number of carbonyl (C=O) groups excluding carboxylic acids is 1. The summed E-state index contributed by atoms with van der Waals surface area (Å²) in [4.78, 5) is 15.8. The quantitative estimate of drug-likeness (QED) is 0.270. The zero-order chi connectivity index (χ0) is 27.1. The zero-order valence-electron chi connectivity index (χ0n) is 22.2. The molecule has 0 radical (unpaired) electrons. The van der Waals surface area contributed by atoms with Gasteiger partial charge in [0.15, 0.2) is 0 Å². The van der Waals surface area contributed by atoms with Gasteiger partial charge in [-0.3, -0.25) is 0 Å². The molecule has 0 fully saturated rings. The second kappa shape index (κ2) is 9.91. The minimum Gasteiger partial charge on any atom is -0.308 e. The molecule has 2 amide bonds. The molecule has 3 aromatic carbocycles. The third-order valence-electron chi connectivity index (χ3n) is 7.34. The fraction of sp³-hybridized carbons (Fsp3) is 0.188. The standard InChI is InChI=1S/C32H30FN5O/c1-21(2)23-14-16-24(17-15-23)30-29-13-8-18-36(29)31-28(22(3)35-38(31)27-11-5-4-6-12-27)20-37(30)32(39)34-26-10-7-9-25(33)19-26/h4-19,21,30H,20H2,1-3H3,(H,34,39)/t30-/m0/s1. The monoisotopic (exact) mass is 519 g/mol. The normalized spacial score (nSPS) is 14.6. The minimum atomic E-state index is -0.402. The lowest BCUT2D eigenvalue weighted by molar-refractivity contribution is 0.194. The van der Waals surface area contributed by atoms with Crippen LogP contribution in [0, 0.1) is 12.7 Å². The fourth-order valence-electron chi connectivity index (χ4n) is 5.32. The highest BCUT2D eigenvalue weighted by Crippen LogP contribution is 2.39. The number of aryl methyl sites for hydroxylation is 1. The lowest BCUT2D eigenvalue weighted by Gasteiger charge is -2.31. The fourth-order valence-corrected chi connectivity index (χ4v) is 5.32. The molecule has 0 saturated heterocycles. The molecule has 1 aliphatic heterocycles. The van der Waals surface area contributed by atoms with Crippen molar-refractivity contribution in [2.24, 2.45) is 0 Å². The minimum absolute atomic E-state index is 0.314. The van der Waals surface area contributed by atoms with Gasteiger partial charge in [-0.2, -0.15) is 5.10 Å². The zero-order valence-corrected chi connectivity index (χ0v) is 22.2. The number of carbonyl (C=O) groups is 1. The van der Waals surface area contributed by atoms with E-state index >= 15 is 0 Å². The van der Waals surface area contributed by atoms with Gasteiger partial charge >= 0.3 is 6.03 Å². The van der Waals surface area contributed by atoms with Crippen LogP contribution in [0.1, 0.15) is 53.9 Å². The van der Waals surface area contributed by atoms with E-state index in [0.717, 1.165) is 34.0 Å². The Morgan fingerprint density at radius 2 is 1.74 bits per heavy atom. The highest BCUT2D eigenvalue weighted by Gasteiger charge is 2.36. The molecule has 1 N–H and O–H groups in total. The highest BCUT2D eigenvalue weighted by molar-refractivity contribution is 5.90. The summed E-state index contributed by atoms with van der Waals surface area (Å²) >= 11 is 0. The van der Waals surface area contributed by atoms with E-state index in [-0.39, 0.29) is 12.1 Å². The summed E-state index contributed by atoms with van der Waals surface area (Å²) in [7, 11) is 0. The highest BCUT2D eigenvalue weighted by atomic mass is 19.1. The third-order valence-corrected chi connectivity index (χ3v) is 7.34. The van der Waals surface area contributed by atoms with Crippen LogP contribution in [0.5, 0.6) is 0 Å². The van der Waals surface area contributed by atoms with Gasteiger partial charge in [-0.25, -0.2) is 13.9 Å². The summed E-state index contributed by atoms with van der Waals surface area (Å²) in [5.41, 5.74) is 6.31. The Morgan fingerprint density at radius 3 is 2.46 bits per heavy atom. The first-order chi connectivity index (χ1) is 18.9. The number of para-hydroxylation sites is 1. The predicted octanol–water partition coefficient (Wildman–Crippen LogP) is 7.37. The average molecular weight is 520 g/mol. The van der Waals surface area contributed by atoms with Gasteiger partial charge in [0, 0.05) is 17.4 Å². The number of hydrogen-bond donors (Lipinski definition) is 1. The SMILES string of the molecule is Cc1nn(-c2ccccc2)c2c1CN(C(=O)Nc1cccc(F)c1)[C@@H](c1ccc(C(C)C)cc1)c1cccn1-2. The molecule has 1 atom stereocenters. The topological polar surface area (TPSA) is 55.1 Å². The largest absolute Gasteiger partial charge is 0.322 e.